The second kappa shape index (κ2) is 2.74. The third-order valence-electron chi connectivity index (χ3n) is 0. The Morgan fingerprint density at radius 1 is 2.00 bits per heavy atom. The number of halogens is 2. The van der Waals surface area contributed by atoms with Gasteiger partial charge in [-0.2, -0.15) is 0 Å². The fourth-order valence-electron chi connectivity index (χ4n) is 0. The molecule has 0 aliphatic carbocycles. The van der Waals surface area contributed by atoms with Crippen LogP contribution in [-0.4, -0.2) is 0 Å². The predicted octanol–water partition coefficient (Wildman–Crippen LogP) is 2.49. The lowest BCUT2D eigenvalue weighted by Gasteiger charge is -1.71. The van der Waals surface area contributed by atoms with Crippen molar-refractivity contribution in [1.82, 2.24) is 0 Å². The van der Waals surface area contributed by atoms with Crippen molar-refractivity contribution in [1.29, 1.82) is 0 Å². The maximum absolute atomic E-state index is 11.0. The van der Waals surface area contributed by atoms with Gasteiger partial charge in [-0.15, -0.1) is 0 Å². The Kier molecular flexibility index (Phi) is 3.78. The average molecular weight is 210 g/mol. The van der Waals surface area contributed by atoms with Gasteiger partial charge in [0.05, 0.1) is 0 Å². The van der Waals surface area contributed by atoms with E-state index in [9.17, 15) is 4.20 Å². The standard InChI is InChI=1S/FH2IP2/c1-4(2)3/h3H2. The Morgan fingerprint density at radius 2 is 2.00 bits per heavy atom. The van der Waals surface area contributed by atoms with Gasteiger partial charge in [-0.3, -0.25) is 0 Å². The summed E-state index contributed by atoms with van der Waals surface area (Å²) in [5.74, 6) is 0. The molecule has 0 nitrogen and oxygen atoms in total. The Balaban J connectivity index is 2.32. The average Bonchev–Trinajstić information content (AvgIpc) is 0.811. The smallest absolute Gasteiger partial charge is 0.162 e. The van der Waals surface area contributed by atoms with Gasteiger partial charge in [-0.25, -0.2) is 4.20 Å². The molecule has 26 valence electrons. The predicted molar refractivity (Wildman–Crippen MR) is 31.8 cm³/mol. The molecule has 0 heterocycles. The van der Waals surface area contributed by atoms with E-state index in [0.29, 0.717) is 0 Å². The van der Waals surface area contributed by atoms with Crippen LogP contribution in [0.15, 0.2) is 0 Å². The van der Waals surface area contributed by atoms with Crippen LogP contribution in [0.4, 0.5) is 4.20 Å². The van der Waals surface area contributed by atoms with Crippen molar-refractivity contribution in [2.45, 2.75) is 0 Å². The summed E-state index contributed by atoms with van der Waals surface area (Å²) >= 11 is 1.70. The zero-order valence-electron chi connectivity index (χ0n) is 1.78. The summed E-state index contributed by atoms with van der Waals surface area (Å²) in [5.41, 5.74) is -1.23. The lowest BCUT2D eigenvalue weighted by atomic mass is 18.9. The lowest BCUT2D eigenvalue weighted by molar-refractivity contribution is 0.934. The highest BCUT2D eigenvalue weighted by Crippen LogP contribution is 2.54. The summed E-state index contributed by atoms with van der Waals surface area (Å²) in [6.45, 7) is 0. The molecular weight excluding hydrogens is 208 g/mol. The van der Waals surface area contributed by atoms with Gasteiger partial charge in [0, 0.05) is 0 Å². The minimum Gasteiger partial charge on any atom is -0.211 e. The molecule has 0 fully saturated rings. The van der Waals surface area contributed by atoms with Crippen LogP contribution >= 0.6 is 36.5 Å². The van der Waals surface area contributed by atoms with Crippen molar-refractivity contribution in [3.05, 3.63) is 0 Å². The van der Waals surface area contributed by atoms with Gasteiger partial charge in [0.1, 0.15) is 0 Å². The lowest BCUT2D eigenvalue weighted by Crippen LogP contribution is -0.956. The van der Waals surface area contributed by atoms with E-state index in [0.717, 1.165) is 0 Å². The fourth-order valence-corrected chi connectivity index (χ4v) is 0. The van der Waals surface area contributed by atoms with Crippen LogP contribution in [0.25, 0.3) is 0 Å². The number of rotatable bonds is 0. The summed E-state index contributed by atoms with van der Waals surface area (Å²) in [5, 5.41) is 0. The molecule has 0 aromatic carbocycles. The molecule has 0 bridgehead atoms. The van der Waals surface area contributed by atoms with Crippen molar-refractivity contribution in [3.63, 3.8) is 0 Å². The van der Waals surface area contributed by atoms with Crippen molar-refractivity contribution in [3.8, 4) is 0 Å². The van der Waals surface area contributed by atoms with Crippen molar-refractivity contribution in [2.75, 3.05) is 0 Å². The van der Waals surface area contributed by atoms with Gasteiger partial charge in [0.25, 0.3) is 0 Å². The fraction of sp³-hybridized carbons (Fsp3) is 0. The Hall–Kier alpha value is 1.52. The third kappa shape index (κ3) is 9.68. The molecule has 2 unspecified atom stereocenters. The van der Waals surface area contributed by atoms with Crippen molar-refractivity contribution >= 4 is 36.5 Å². The second-order valence-corrected chi connectivity index (χ2v) is 8.06. The van der Waals surface area contributed by atoms with Crippen LogP contribution in [0.1, 0.15) is 0 Å². The summed E-state index contributed by atoms with van der Waals surface area (Å²) < 4.78 is 11.0. The van der Waals surface area contributed by atoms with Crippen molar-refractivity contribution in [2.24, 2.45) is 0 Å². The highest BCUT2D eigenvalue weighted by atomic mass is 127. The largest absolute Gasteiger partial charge is 0.211 e. The first-order valence-electron chi connectivity index (χ1n) is 0.596. The molecule has 0 saturated heterocycles. The van der Waals surface area contributed by atoms with E-state index < -0.39 is 5.56 Å². The molecule has 0 aromatic rings. The van der Waals surface area contributed by atoms with E-state index in [1.807, 2.05) is 8.93 Å². The van der Waals surface area contributed by atoms with Crippen LogP contribution in [0.2, 0.25) is 0 Å². The highest BCUT2D eigenvalue weighted by Gasteiger charge is 1.77. The summed E-state index contributed by atoms with van der Waals surface area (Å²) in [6, 6.07) is 0. The minimum absolute atomic E-state index is 1.23. The summed E-state index contributed by atoms with van der Waals surface area (Å²) in [7, 11) is 2.04. The maximum Gasteiger partial charge on any atom is 0.162 e. The molecule has 0 aliphatic heterocycles. The summed E-state index contributed by atoms with van der Waals surface area (Å²) in [4.78, 5) is 0. The first kappa shape index (κ1) is 5.52. The van der Waals surface area contributed by atoms with E-state index in [1.165, 1.54) is 0 Å². The van der Waals surface area contributed by atoms with Crippen LogP contribution in [0, 0.1) is 0 Å². The first-order chi connectivity index (χ1) is 1.73. The molecular formula is H2FIP2. The number of hydrogen-bond acceptors (Lipinski definition) is 0. The van der Waals surface area contributed by atoms with Gasteiger partial charge in [-0.05, 0) is 22.0 Å². The molecule has 0 amide bonds. The molecule has 0 N–H and O–H groups in total. The zero-order valence-corrected chi connectivity index (χ0v) is 5.99. The van der Waals surface area contributed by atoms with Crippen LogP contribution < -0.4 is 0 Å². The van der Waals surface area contributed by atoms with Gasteiger partial charge in [-0.1, -0.05) is 8.93 Å². The molecule has 4 heavy (non-hydrogen) atoms. The van der Waals surface area contributed by atoms with E-state index >= 15 is 0 Å². The molecule has 0 rings (SSSR count). The Morgan fingerprint density at radius 3 is 2.00 bits per heavy atom. The van der Waals surface area contributed by atoms with Gasteiger partial charge in [0.2, 0.25) is 0 Å². The normalized spacial score (nSPS) is 15.8. The minimum atomic E-state index is -1.23. The van der Waals surface area contributed by atoms with Crippen LogP contribution in [0.5, 0.6) is 0 Å². The molecule has 0 radical (unpaired) electrons. The van der Waals surface area contributed by atoms with E-state index in [-0.39, 0.29) is 0 Å². The topological polar surface area (TPSA) is 0 Å². The highest BCUT2D eigenvalue weighted by molar-refractivity contribution is 14.2. The van der Waals surface area contributed by atoms with Crippen molar-refractivity contribution < 1.29 is 4.20 Å². The Labute approximate surface area is 41.0 Å². The third-order valence-corrected chi connectivity index (χ3v) is 0. The van der Waals surface area contributed by atoms with Crippen LogP contribution in [-0.2, 0) is 0 Å². The molecule has 0 aliphatic rings. The van der Waals surface area contributed by atoms with E-state index in [1.54, 1.807) is 22.0 Å². The quantitative estimate of drug-likeness (QED) is 0.425. The SMILES string of the molecule is FP(P)I. The molecule has 4 heteroatoms. The Bertz CT molecular complexity index is 10.8. The second-order valence-electron chi connectivity index (χ2n) is 0.259. The molecule has 0 aromatic heterocycles. The first-order valence-corrected chi connectivity index (χ1v) is 6.23. The zero-order chi connectivity index (χ0) is 3.58. The molecule has 0 saturated carbocycles. The molecule has 0 spiro atoms. The van der Waals surface area contributed by atoms with E-state index in [4.69, 9.17) is 0 Å². The summed E-state index contributed by atoms with van der Waals surface area (Å²) in [6.07, 6.45) is 0. The van der Waals surface area contributed by atoms with E-state index in [2.05, 4.69) is 0 Å². The van der Waals surface area contributed by atoms with Gasteiger partial charge < -0.3 is 0 Å². The number of hydrogen-bond donors (Lipinski definition) is 0. The maximum atomic E-state index is 11.0. The monoisotopic (exact) mass is 210 g/mol. The van der Waals surface area contributed by atoms with Crippen LogP contribution in [0.3, 0.4) is 0 Å². The van der Waals surface area contributed by atoms with Gasteiger partial charge >= 0.3 is 0 Å². The molecule has 2 atom stereocenters. The van der Waals surface area contributed by atoms with Gasteiger partial charge in [0.15, 0.2) is 5.56 Å².